The smallest absolute Gasteiger partial charge is 0.0590 e. The molecule has 0 aromatic rings. The Labute approximate surface area is 83.1 Å². The first-order valence-corrected chi connectivity index (χ1v) is 4.65. The van der Waals surface area contributed by atoms with Crippen LogP contribution in [0.15, 0.2) is 0 Å². The Hall–Kier alpha value is -1.10. The summed E-state index contributed by atoms with van der Waals surface area (Å²) in [4.78, 5) is 21.0. The van der Waals surface area contributed by atoms with Gasteiger partial charge in [0.15, 0.2) is 0 Å². The second-order valence-electron chi connectivity index (χ2n) is 3.21. The fourth-order valence-electron chi connectivity index (χ4n) is 1.03. The fraction of sp³-hybridized carbons (Fsp3) is 0.778. The summed E-state index contributed by atoms with van der Waals surface area (Å²) in [5.74, 6) is -3.88. The molecule has 2 unspecified atom stereocenters. The van der Waals surface area contributed by atoms with Crippen LogP contribution in [-0.4, -0.2) is 24.5 Å². The zero-order valence-corrected chi connectivity index (χ0v) is 8.41. The molecule has 1 N–H and O–H groups in total. The summed E-state index contributed by atoms with van der Waals surface area (Å²) < 4.78 is 0. The molecule has 0 heterocycles. The lowest BCUT2D eigenvalue weighted by Gasteiger charge is -2.26. The third-order valence-corrected chi connectivity index (χ3v) is 2.02. The molecule has 0 aliphatic carbocycles. The third-order valence-electron chi connectivity index (χ3n) is 2.02. The van der Waals surface area contributed by atoms with Gasteiger partial charge in [-0.25, -0.2) is 0 Å². The molecule has 0 aliphatic heterocycles. The van der Waals surface area contributed by atoms with Crippen LogP contribution in [0.4, 0.5) is 0 Å². The van der Waals surface area contributed by atoms with Crippen LogP contribution in [0.1, 0.15) is 26.7 Å². The van der Waals surface area contributed by atoms with Crippen LogP contribution >= 0.6 is 0 Å². The van der Waals surface area contributed by atoms with E-state index in [9.17, 15) is 19.8 Å². The zero-order valence-electron chi connectivity index (χ0n) is 8.41. The molecule has 82 valence electrons. The van der Waals surface area contributed by atoms with Gasteiger partial charge in [-0.05, 0) is 13.0 Å². The van der Waals surface area contributed by atoms with E-state index in [1.165, 1.54) is 6.92 Å². The first-order chi connectivity index (χ1) is 6.50. The molecule has 0 bridgehead atoms. The summed E-state index contributed by atoms with van der Waals surface area (Å²) in [5, 5.41) is 23.6. The summed E-state index contributed by atoms with van der Waals surface area (Å²) in [5.41, 5.74) is 0. The molecule has 14 heavy (non-hydrogen) atoms. The predicted octanol–water partition coefficient (Wildman–Crippen LogP) is -2.12. The van der Waals surface area contributed by atoms with Crippen LogP contribution in [0, 0.1) is 5.92 Å². The molecular weight excluding hydrogens is 186 g/mol. The van der Waals surface area contributed by atoms with Crippen LogP contribution in [0.25, 0.3) is 0 Å². The van der Waals surface area contributed by atoms with E-state index in [1.54, 1.807) is 0 Å². The molecule has 2 atom stereocenters. The number of rotatable bonds is 7. The van der Waals surface area contributed by atoms with Gasteiger partial charge >= 0.3 is 0 Å². The molecule has 0 aromatic heterocycles. The number of carboxylic acids is 2. The molecule has 5 nitrogen and oxygen atoms in total. The molecule has 0 radical (unpaired) electrons. The Kier molecular flexibility index (Phi) is 5.87. The van der Waals surface area contributed by atoms with E-state index < -0.39 is 23.9 Å². The maximum absolute atomic E-state index is 10.6. The average Bonchev–Trinajstić information content (AvgIpc) is 2.10. The largest absolute Gasteiger partial charge is 0.550 e. The van der Waals surface area contributed by atoms with E-state index in [2.05, 4.69) is 5.32 Å². The minimum Gasteiger partial charge on any atom is -0.550 e. The molecule has 0 fully saturated rings. The van der Waals surface area contributed by atoms with Gasteiger partial charge in [0.25, 0.3) is 0 Å². The van der Waals surface area contributed by atoms with Gasteiger partial charge in [0.05, 0.1) is 12.0 Å². The lowest BCUT2D eigenvalue weighted by molar-refractivity contribution is -0.322. The van der Waals surface area contributed by atoms with E-state index in [-0.39, 0.29) is 0 Å². The minimum atomic E-state index is -1.40. The van der Waals surface area contributed by atoms with Crippen LogP contribution in [0.2, 0.25) is 0 Å². The number of unbranched alkanes of at least 4 members (excludes halogenated alkanes) is 1. The lowest BCUT2D eigenvalue weighted by atomic mass is 10.0. The standard InChI is InChI=1S/C9H17NO4/c1-3-4-5-10-7(9(13)14)6(2)8(11)12/h6-7,10H,3-5H2,1-2H3,(H,11,12)(H,13,14)/p-2. The van der Waals surface area contributed by atoms with Crippen molar-refractivity contribution < 1.29 is 19.8 Å². The average molecular weight is 201 g/mol. The molecule has 0 saturated heterocycles. The zero-order chi connectivity index (χ0) is 11.1. The summed E-state index contributed by atoms with van der Waals surface area (Å²) in [6.07, 6.45) is 1.70. The number of hydrogen-bond acceptors (Lipinski definition) is 5. The van der Waals surface area contributed by atoms with Gasteiger partial charge in [0, 0.05) is 11.9 Å². The Morgan fingerprint density at radius 2 is 1.86 bits per heavy atom. The normalized spacial score (nSPS) is 14.7. The van der Waals surface area contributed by atoms with Gasteiger partial charge in [-0.3, -0.25) is 0 Å². The Morgan fingerprint density at radius 1 is 1.29 bits per heavy atom. The van der Waals surface area contributed by atoms with Crippen molar-refractivity contribution in [3.05, 3.63) is 0 Å². The highest BCUT2D eigenvalue weighted by Crippen LogP contribution is 2.01. The topological polar surface area (TPSA) is 92.3 Å². The molecule has 0 spiro atoms. The van der Waals surface area contributed by atoms with Crippen molar-refractivity contribution >= 4 is 11.9 Å². The third kappa shape index (κ3) is 4.23. The minimum absolute atomic E-state index is 0.465. The van der Waals surface area contributed by atoms with Crippen LogP contribution in [0.3, 0.4) is 0 Å². The SMILES string of the molecule is CCCCNC(C(=O)[O-])C(C)C(=O)[O-]. The van der Waals surface area contributed by atoms with Crippen LogP contribution in [0.5, 0.6) is 0 Å². The highest BCUT2D eigenvalue weighted by atomic mass is 16.4. The van der Waals surface area contributed by atoms with E-state index in [4.69, 9.17) is 0 Å². The fourth-order valence-corrected chi connectivity index (χ4v) is 1.03. The van der Waals surface area contributed by atoms with Gasteiger partial charge in [0.1, 0.15) is 0 Å². The molecule has 0 rings (SSSR count). The molecule has 0 aliphatic rings. The van der Waals surface area contributed by atoms with Crippen molar-refractivity contribution in [2.75, 3.05) is 6.54 Å². The van der Waals surface area contributed by atoms with Crippen LogP contribution < -0.4 is 15.5 Å². The predicted molar refractivity (Wildman–Crippen MR) is 45.9 cm³/mol. The molecule has 0 amide bonds. The Bertz CT molecular complexity index is 205. The van der Waals surface area contributed by atoms with E-state index in [0.717, 1.165) is 12.8 Å². The van der Waals surface area contributed by atoms with Gasteiger partial charge in [0.2, 0.25) is 0 Å². The van der Waals surface area contributed by atoms with Crippen molar-refractivity contribution in [2.24, 2.45) is 5.92 Å². The van der Waals surface area contributed by atoms with Crippen molar-refractivity contribution in [2.45, 2.75) is 32.7 Å². The van der Waals surface area contributed by atoms with Crippen molar-refractivity contribution in [3.63, 3.8) is 0 Å². The molecule has 0 aromatic carbocycles. The van der Waals surface area contributed by atoms with E-state index >= 15 is 0 Å². The van der Waals surface area contributed by atoms with E-state index in [1.807, 2.05) is 6.92 Å². The van der Waals surface area contributed by atoms with E-state index in [0.29, 0.717) is 6.54 Å². The summed E-state index contributed by atoms with van der Waals surface area (Å²) >= 11 is 0. The number of carbonyl (C=O) groups excluding carboxylic acids is 2. The first kappa shape index (κ1) is 12.9. The maximum atomic E-state index is 10.6. The lowest BCUT2D eigenvalue weighted by Crippen LogP contribution is -2.54. The molecule has 5 heteroatoms. The molecular formula is C9H15NO4-2. The van der Waals surface area contributed by atoms with Gasteiger partial charge in [-0.15, -0.1) is 0 Å². The molecule has 0 saturated carbocycles. The quantitative estimate of drug-likeness (QED) is 0.475. The number of carboxylic acid groups (broad SMARTS) is 2. The van der Waals surface area contributed by atoms with Gasteiger partial charge in [-0.2, -0.15) is 0 Å². The van der Waals surface area contributed by atoms with Crippen molar-refractivity contribution in [1.29, 1.82) is 0 Å². The maximum Gasteiger partial charge on any atom is 0.0590 e. The summed E-state index contributed by atoms with van der Waals surface area (Å²) in [6.45, 7) is 3.71. The van der Waals surface area contributed by atoms with Crippen molar-refractivity contribution in [1.82, 2.24) is 5.32 Å². The monoisotopic (exact) mass is 201 g/mol. The number of carbonyl (C=O) groups is 2. The first-order valence-electron chi connectivity index (χ1n) is 4.65. The van der Waals surface area contributed by atoms with Crippen molar-refractivity contribution in [3.8, 4) is 0 Å². The highest BCUT2D eigenvalue weighted by molar-refractivity contribution is 5.80. The summed E-state index contributed by atoms with van der Waals surface area (Å²) in [7, 11) is 0. The van der Waals surface area contributed by atoms with Gasteiger partial charge in [-0.1, -0.05) is 20.3 Å². The van der Waals surface area contributed by atoms with Crippen LogP contribution in [-0.2, 0) is 9.59 Å². The Morgan fingerprint density at radius 3 is 2.21 bits per heavy atom. The number of nitrogens with one attached hydrogen (secondary N) is 1. The number of hydrogen-bond donors (Lipinski definition) is 1. The van der Waals surface area contributed by atoms with Gasteiger partial charge < -0.3 is 25.1 Å². The Balaban J connectivity index is 4.15. The highest BCUT2D eigenvalue weighted by Gasteiger charge is 2.18. The second kappa shape index (κ2) is 6.37. The number of aliphatic carboxylic acids is 2. The summed E-state index contributed by atoms with van der Waals surface area (Å²) in [6, 6.07) is -1.17. The second-order valence-corrected chi connectivity index (χ2v) is 3.21.